The molecule has 0 radical (unpaired) electrons. The summed E-state index contributed by atoms with van der Waals surface area (Å²) in [6, 6.07) is 2.02. The highest BCUT2D eigenvalue weighted by molar-refractivity contribution is 5.79. The van der Waals surface area contributed by atoms with Crippen molar-refractivity contribution in [3.63, 3.8) is 0 Å². The molecule has 5 heteroatoms. The number of nitriles is 1. The molecule has 0 aromatic heterocycles. The van der Waals surface area contributed by atoms with Gasteiger partial charge in [0.15, 0.2) is 0 Å². The molecule has 0 aromatic rings. The van der Waals surface area contributed by atoms with Crippen molar-refractivity contribution in [3.8, 4) is 6.07 Å². The molecule has 1 saturated carbocycles. The molecule has 1 fully saturated rings. The summed E-state index contributed by atoms with van der Waals surface area (Å²) in [5.41, 5.74) is 0. The fourth-order valence-electron chi connectivity index (χ4n) is 2.31. The Balaban J connectivity index is 2.59. The first-order chi connectivity index (χ1) is 8.37. The van der Waals surface area contributed by atoms with Crippen molar-refractivity contribution in [2.45, 2.75) is 57.9 Å². The molecule has 1 rings (SSSR count). The van der Waals surface area contributed by atoms with Crippen LogP contribution in [0, 0.1) is 17.2 Å². The molecule has 1 aliphatic rings. The van der Waals surface area contributed by atoms with E-state index >= 15 is 0 Å². The van der Waals surface area contributed by atoms with Gasteiger partial charge in [-0.05, 0) is 26.7 Å². The summed E-state index contributed by atoms with van der Waals surface area (Å²) in [4.78, 5) is 13.9. The van der Waals surface area contributed by atoms with Crippen LogP contribution >= 0.6 is 0 Å². The van der Waals surface area contributed by atoms with Gasteiger partial charge in [0, 0.05) is 31.3 Å². The number of hydrogen-bond acceptors (Lipinski definition) is 2. The number of halogens is 2. The number of carbonyl (C=O) groups excluding carboxylic acids is 1. The highest BCUT2D eigenvalue weighted by atomic mass is 19.3. The molecule has 18 heavy (non-hydrogen) atoms. The molecule has 1 aliphatic carbocycles. The van der Waals surface area contributed by atoms with Crippen molar-refractivity contribution in [2.24, 2.45) is 5.92 Å². The summed E-state index contributed by atoms with van der Waals surface area (Å²) in [5, 5.41) is 8.57. The third-order valence-corrected chi connectivity index (χ3v) is 3.44. The molecule has 0 aromatic carbocycles. The van der Waals surface area contributed by atoms with E-state index in [1.165, 1.54) is 0 Å². The van der Waals surface area contributed by atoms with E-state index in [2.05, 4.69) is 0 Å². The molecule has 0 spiro atoms. The van der Waals surface area contributed by atoms with Gasteiger partial charge in [-0.3, -0.25) is 4.79 Å². The van der Waals surface area contributed by atoms with Gasteiger partial charge in [-0.1, -0.05) is 0 Å². The number of rotatable bonds is 4. The maximum Gasteiger partial charge on any atom is 0.248 e. The second-order valence-corrected chi connectivity index (χ2v) is 5.16. The van der Waals surface area contributed by atoms with E-state index < -0.39 is 5.92 Å². The van der Waals surface area contributed by atoms with E-state index in [9.17, 15) is 13.6 Å². The third-order valence-electron chi connectivity index (χ3n) is 3.44. The van der Waals surface area contributed by atoms with Crippen LogP contribution in [0.15, 0.2) is 0 Å². The fourth-order valence-corrected chi connectivity index (χ4v) is 2.31. The molecule has 0 N–H and O–H groups in total. The van der Waals surface area contributed by atoms with E-state index in [4.69, 9.17) is 5.26 Å². The van der Waals surface area contributed by atoms with Crippen LogP contribution in [0.25, 0.3) is 0 Å². The summed E-state index contributed by atoms with van der Waals surface area (Å²) >= 11 is 0. The zero-order chi connectivity index (χ0) is 13.8. The largest absolute Gasteiger partial charge is 0.339 e. The molecule has 0 heterocycles. The monoisotopic (exact) mass is 258 g/mol. The maximum atomic E-state index is 13.0. The van der Waals surface area contributed by atoms with Crippen LogP contribution in [-0.4, -0.2) is 29.3 Å². The van der Waals surface area contributed by atoms with Gasteiger partial charge >= 0.3 is 0 Å². The highest BCUT2D eigenvalue weighted by Gasteiger charge is 2.38. The van der Waals surface area contributed by atoms with E-state index in [-0.39, 0.29) is 50.0 Å². The second kappa shape index (κ2) is 6.12. The van der Waals surface area contributed by atoms with Crippen molar-refractivity contribution in [1.82, 2.24) is 4.90 Å². The molecule has 102 valence electrons. The van der Waals surface area contributed by atoms with Crippen LogP contribution in [0.5, 0.6) is 0 Å². The summed E-state index contributed by atoms with van der Waals surface area (Å²) in [7, 11) is 0. The van der Waals surface area contributed by atoms with Gasteiger partial charge in [-0.2, -0.15) is 5.26 Å². The van der Waals surface area contributed by atoms with E-state index in [1.54, 1.807) is 4.90 Å². The third kappa shape index (κ3) is 3.94. The highest BCUT2D eigenvalue weighted by Crippen LogP contribution is 2.37. The number of alkyl halides is 2. The Hall–Kier alpha value is -1.18. The first-order valence-electron chi connectivity index (χ1n) is 6.42. The Kier molecular flexibility index (Phi) is 5.06. The second-order valence-electron chi connectivity index (χ2n) is 5.16. The van der Waals surface area contributed by atoms with Crippen LogP contribution in [0.3, 0.4) is 0 Å². The number of hydrogen-bond donors (Lipinski definition) is 0. The van der Waals surface area contributed by atoms with Gasteiger partial charge in [0.1, 0.15) is 0 Å². The molecule has 0 aliphatic heterocycles. The first kappa shape index (κ1) is 14.9. The fraction of sp³-hybridized carbons (Fsp3) is 0.846. The smallest absolute Gasteiger partial charge is 0.248 e. The lowest BCUT2D eigenvalue weighted by Gasteiger charge is -2.33. The lowest BCUT2D eigenvalue weighted by molar-refractivity contribution is -0.141. The Labute approximate surface area is 107 Å². The molecular weight excluding hydrogens is 238 g/mol. The average Bonchev–Trinajstić information content (AvgIpc) is 2.28. The summed E-state index contributed by atoms with van der Waals surface area (Å²) in [6.45, 7) is 4.15. The molecule has 1 amide bonds. The minimum atomic E-state index is -2.61. The average molecular weight is 258 g/mol. The van der Waals surface area contributed by atoms with Crippen LogP contribution in [0.4, 0.5) is 8.78 Å². The van der Waals surface area contributed by atoms with E-state index in [1.807, 2.05) is 19.9 Å². The van der Waals surface area contributed by atoms with Gasteiger partial charge < -0.3 is 4.90 Å². The van der Waals surface area contributed by atoms with Gasteiger partial charge in [0.2, 0.25) is 11.8 Å². The lowest BCUT2D eigenvalue weighted by atomic mass is 9.85. The molecule has 3 nitrogen and oxygen atoms in total. The molecular formula is C13H20F2N2O. The van der Waals surface area contributed by atoms with Crippen molar-refractivity contribution in [3.05, 3.63) is 0 Å². The Bertz CT molecular complexity index is 326. The molecule has 0 bridgehead atoms. The van der Waals surface area contributed by atoms with E-state index in [0.29, 0.717) is 6.54 Å². The zero-order valence-corrected chi connectivity index (χ0v) is 11.0. The van der Waals surface area contributed by atoms with Gasteiger partial charge in [-0.25, -0.2) is 8.78 Å². The topological polar surface area (TPSA) is 44.1 Å². The number of amides is 1. The summed E-state index contributed by atoms with van der Waals surface area (Å²) < 4.78 is 26.1. The van der Waals surface area contributed by atoms with Crippen LogP contribution in [0.2, 0.25) is 0 Å². The molecule has 0 unspecified atom stereocenters. The quantitative estimate of drug-likeness (QED) is 0.778. The predicted molar refractivity (Wildman–Crippen MR) is 64.0 cm³/mol. The van der Waals surface area contributed by atoms with Crippen LogP contribution in [-0.2, 0) is 4.79 Å². The predicted octanol–water partition coefficient (Wildman–Crippen LogP) is 2.96. The SMILES string of the molecule is CC(C)N(CCC#N)C(=O)C1CCC(F)(F)CC1. The van der Waals surface area contributed by atoms with E-state index in [0.717, 1.165) is 0 Å². The van der Waals surface area contributed by atoms with Crippen molar-refractivity contribution in [2.75, 3.05) is 6.54 Å². The molecule has 0 saturated heterocycles. The van der Waals surface area contributed by atoms with Crippen LogP contribution in [0.1, 0.15) is 46.0 Å². The van der Waals surface area contributed by atoms with Crippen LogP contribution < -0.4 is 0 Å². The normalized spacial score (nSPS) is 19.6. The Morgan fingerprint density at radius 2 is 2.00 bits per heavy atom. The summed E-state index contributed by atoms with van der Waals surface area (Å²) in [6.07, 6.45) is 0.386. The standard InChI is InChI=1S/C13H20F2N2O/c1-10(2)17(9-3-8-16)12(18)11-4-6-13(14,15)7-5-11/h10-11H,3-7,9H2,1-2H3. The maximum absolute atomic E-state index is 13.0. The Morgan fingerprint density at radius 3 is 2.44 bits per heavy atom. The summed E-state index contributed by atoms with van der Waals surface area (Å²) in [5.74, 6) is -2.98. The van der Waals surface area contributed by atoms with Crippen molar-refractivity contribution in [1.29, 1.82) is 5.26 Å². The van der Waals surface area contributed by atoms with Gasteiger partial charge in [-0.15, -0.1) is 0 Å². The number of nitrogens with zero attached hydrogens (tertiary/aromatic N) is 2. The van der Waals surface area contributed by atoms with Gasteiger partial charge in [0.05, 0.1) is 12.5 Å². The van der Waals surface area contributed by atoms with Crippen molar-refractivity contribution < 1.29 is 13.6 Å². The number of carbonyl (C=O) groups is 1. The first-order valence-corrected chi connectivity index (χ1v) is 6.42. The van der Waals surface area contributed by atoms with Gasteiger partial charge in [0.25, 0.3) is 0 Å². The molecule has 0 atom stereocenters. The lowest BCUT2D eigenvalue weighted by Crippen LogP contribution is -2.43. The van der Waals surface area contributed by atoms with Crippen molar-refractivity contribution >= 4 is 5.91 Å². The Morgan fingerprint density at radius 1 is 1.44 bits per heavy atom. The zero-order valence-electron chi connectivity index (χ0n) is 11.0. The minimum absolute atomic E-state index is 0.00767. The minimum Gasteiger partial charge on any atom is -0.339 e.